The van der Waals surface area contributed by atoms with Crippen molar-refractivity contribution in [1.29, 1.82) is 0 Å². The van der Waals surface area contributed by atoms with E-state index in [0.717, 1.165) is 32.5 Å². The molecule has 150 valence electrons. The van der Waals surface area contributed by atoms with Gasteiger partial charge in [-0.25, -0.2) is 0 Å². The fourth-order valence-electron chi connectivity index (χ4n) is 4.66. The quantitative estimate of drug-likeness (QED) is 0.712. The SMILES string of the molecule is Cc1ccc2c(C3CCN(Cc4ccc5c(c4)C(=O)NCCO5)CC3)c[nH]c2c1. The predicted octanol–water partition coefficient (Wildman–Crippen LogP) is 3.98. The summed E-state index contributed by atoms with van der Waals surface area (Å²) in [6.07, 6.45) is 4.53. The summed E-state index contributed by atoms with van der Waals surface area (Å²) in [6, 6.07) is 12.7. The third-order valence-corrected chi connectivity index (χ3v) is 6.24. The number of ether oxygens (including phenoxy) is 1. The first-order valence-electron chi connectivity index (χ1n) is 10.5. The minimum Gasteiger partial charge on any atom is -0.491 e. The summed E-state index contributed by atoms with van der Waals surface area (Å²) in [5.41, 5.74) is 5.82. The van der Waals surface area contributed by atoms with E-state index in [1.165, 1.54) is 27.6 Å². The number of piperidine rings is 1. The lowest BCUT2D eigenvalue weighted by atomic mass is 9.89. The molecule has 2 aliphatic rings. The molecular weight excluding hydrogens is 362 g/mol. The molecule has 1 aromatic heterocycles. The summed E-state index contributed by atoms with van der Waals surface area (Å²) in [4.78, 5) is 18.2. The van der Waals surface area contributed by atoms with Gasteiger partial charge in [-0.15, -0.1) is 0 Å². The van der Waals surface area contributed by atoms with Crippen molar-refractivity contribution in [3.63, 3.8) is 0 Å². The van der Waals surface area contributed by atoms with Gasteiger partial charge in [0.05, 0.1) is 12.1 Å². The fraction of sp³-hybridized carbons (Fsp3) is 0.375. The second kappa shape index (κ2) is 7.56. The number of aromatic amines is 1. The first-order valence-corrected chi connectivity index (χ1v) is 10.5. The number of benzene rings is 2. The number of likely N-dealkylation sites (tertiary alicyclic amines) is 1. The van der Waals surface area contributed by atoms with Crippen LogP contribution in [0.15, 0.2) is 42.6 Å². The van der Waals surface area contributed by atoms with Crippen LogP contribution in [0.2, 0.25) is 0 Å². The zero-order valence-corrected chi connectivity index (χ0v) is 16.8. The Morgan fingerprint density at radius 1 is 1.14 bits per heavy atom. The van der Waals surface area contributed by atoms with Gasteiger partial charge in [-0.2, -0.15) is 0 Å². The van der Waals surface area contributed by atoms with Crippen molar-refractivity contribution in [2.24, 2.45) is 0 Å². The molecule has 3 aromatic rings. The molecule has 5 rings (SSSR count). The van der Waals surface area contributed by atoms with Crippen LogP contribution in [0.25, 0.3) is 10.9 Å². The number of hydrogen-bond donors (Lipinski definition) is 2. The Balaban J connectivity index is 1.26. The van der Waals surface area contributed by atoms with Crippen LogP contribution in [0.5, 0.6) is 5.75 Å². The van der Waals surface area contributed by atoms with Gasteiger partial charge in [0, 0.05) is 23.6 Å². The molecule has 1 fully saturated rings. The van der Waals surface area contributed by atoms with E-state index >= 15 is 0 Å². The van der Waals surface area contributed by atoms with Crippen LogP contribution >= 0.6 is 0 Å². The molecule has 0 bridgehead atoms. The summed E-state index contributed by atoms with van der Waals surface area (Å²) in [6.45, 7) is 6.24. The van der Waals surface area contributed by atoms with Crippen LogP contribution in [0.1, 0.15) is 45.8 Å². The van der Waals surface area contributed by atoms with E-state index in [4.69, 9.17) is 4.74 Å². The summed E-state index contributed by atoms with van der Waals surface area (Å²) >= 11 is 0. The van der Waals surface area contributed by atoms with Crippen molar-refractivity contribution in [2.45, 2.75) is 32.2 Å². The van der Waals surface area contributed by atoms with Crippen LogP contribution in [-0.2, 0) is 6.54 Å². The van der Waals surface area contributed by atoms with Crippen LogP contribution in [0.4, 0.5) is 0 Å². The average molecular weight is 389 g/mol. The van der Waals surface area contributed by atoms with E-state index in [2.05, 4.69) is 52.6 Å². The van der Waals surface area contributed by atoms with Crippen LogP contribution in [-0.4, -0.2) is 42.0 Å². The van der Waals surface area contributed by atoms with Crippen molar-refractivity contribution >= 4 is 16.8 Å². The molecule has 0 aliphatic carbocycles. The van der Waals surface area contributed by atoms with E-state index < -0.39 is 0 Å². The standard InChI is InChI=1S/C24H27N3O2/c1-16-2-4-19-21(14-26-22(19)12-16)18-6-9-27(10-7-18)15-17-3-5-23-20(13-17)24(28)25-8-11-29-23/h2-5,12-14,18,26H,6-11,15H2,1H3,(H,25,28). The van der Waals surface area contributed by atoms with Gasteiger partial charge in [0.2, 0.25) is 0 Å². The second-order valence-electron chi connectivity index (χ2n) is 8.28. The maximum atomic E-state index is 12.2. The smallest absolute Gasteiger partial charge is 0.255 e. The molecule has 0 spiro atoms. The molecule has 2 aliphatic heterocycles. The van der Waals surface area contributed by atoms with Crippen molar-refractivity contribution in [3.8, 4) is 5.75 Å². The van der Waals surface area contributed by atoms with Gasteiger partial charge in [-0.3, -0.25) is 9.69 Å². The largest absolute Gasteiger partial charge is 0.491 e. The molecule has 2 aromatic carbocycles. The molecule has 0 atom stereocenters. The number of hydrogen-bond acceptors (Lipinski definition) is 3. The summed E-state index contributed by atoms with van der Waals surface area (Å²) in [5.74, 6) is 1.26. The molecule has 5 heteroatoms. The highest BCUT2D eigenvalue weighted by atomic mass is 16.5. The minimum absolute atomic E-state index is 0.0346. The molecule has 1 amide bonds. The highest BCUT2D eigenvalue weighted by Gasteiger charge is 2.23. The van der Waals surface area contributed by atoms with Gasteiger partial charge in [-0.05, 0) is 73.7 Å². The molecule has 29 heavy (non-hydrogen) atoms. The lowest BCUT2D eigenvalue weighted by Crippen LogP contribution is -2.32. The van der Waals surface area contributed by atoms with E-state index in [1.54, 1.807) is 0 Å². The molecule has 0 saturated carbocycles. The molecule has 0 unspecified atom stereocenters. The van der Waals surface area contributed by atoms with Crippen molar-refractivity contribution in [3.05, 3.63) is 64.8 Å². The number of fused-ring (bicyclic) bond motifs is 2. The fourth-order valence-corrected chi connectivity index (χ4v) is 4.66. The number of H-pyrrole nitrogens is 1. The molecule has 2 N–H and O–H groups in total. The van der Waals surface area contributed by atoms with Gasteiger partial charge in [0.25, 0.3) is 5.91 Å². The van der Waals surface area contributed by atoms with Gasteiger partial charge >= 0.3 is 0 Å². The number of carbonyl (C=O) groups is 1. The second-order valence-corrected chi connectivity index (χ2v) is 8.28. The third-order valence-electron chi connectivity index (χ3n) is 6.24. The topological polar surface area (TPSA) is 57.4 Å². The van der Waals surface area contributed by atoms with Crippen molar-refractivity contribution < 1.29 is 9.53 Å². The lowest BCUT2D eigenvalue weighted by molar-refractivity contribution is 0.0957. The molecule has 3 heterocycles. The number of aromatic nitrogens is 1. The lowest BCUT2D eigenvalue weighted by Gasteiger charge is -2.32. The first kappa shape index (κ1) is 18.3. The van der Waals surface area contributed by atoms with Crippen molar-refractivity contribution in [2.75, 3.05) is 26.2 Å². The maximum absolute atomic E-state index is 12.2. The Bertz CT molecular complexity index is 1050. The highest BCUT2D eigenvalue weighted by molar-refractivity contribution is 5.97. The Hall–Kier alpha value is -2.79. The van der Waals surface area contributed by atoms with E-state index in [-0.39, 0.29) is 5.91 Å². The zero-order chi connectivity index (χ0) is 19.8. The maximum Gasteiger partial charge on any atom is 0.255 e. The first-order chi connectivity index (χ1) is 14.2. The number of aryl methyl sites for hydroxylation is 1. The number of nitrogens with zero attached hydrogens (tertiary/aromatic N) is 1. The highest BCUT2D eigenvalue weighted by Crippen LogP contribution is 2.34. The van der Waals surface area contributed by atoms with E-state index in [1.807, 2.05) is 12.1 Å². The Kier molecular flexibility index (Phi) is 4.76. The van der Waals surface area contributed by atoms with Crippen LogP contribution < -0.4 is 10.1 Å². The van der Waals surface area contributed by atoms with Gasteiger partial charge in [0.15, 0.2) is 0 Å². The number of carbonyl (C=O) groups excluding carboxylic acids is 1. The summed E-state index contributed by atoms with van der Waals surface area (Å²) < 4.78 is 5.66. The van der Waals surface area contributed by atoms with Crippen LogP contribution in [0.3, 0.4) is 0 Å². The van der Waals surface area contributed by atoms with Crippen LogP contribution in [0, 0.1) is 6.92 Å². The summed E-state index contributed by atoms with van der Waals surface area (Å²) in [7, 11) is 0. The van der Waals surface area contributed by atoms with E-state index in [9.17, 15) is 4.79 Å². The third kappa shape index (κ3) is 3.62. The predicted molar refractivity (Wildman–Crippen MR) is 115 cm³/mol. The molecule has 5 nitrogen and oxygen atoms in total. The molecular formula is C24H27N3O2. The molecule has 0 radical (unpaired) electrons. The number of amides is 1. The Labute approximate surface area is 171 Å². The number of nitrogens with one attached hydrogen (secondary N) is 2. The zero-order valence-electron chi connectivity index (χ0n) is 16.8. The number of rotatable bonds is 3. The molecule has 1 saturated heterocycles. The van der Waals surface area contributed by atoms with Gasteiger partial charge < -0.3 is 15.0 Å². The minimum atomic E-state index is -0.0346. The van der Waals surface area contributed by atoms with E-state index in [0.29, 0.717) is 30.4 Å². The van der Waals surface area contributed by atoms with Crippen molar-refractivity contribution in [1.82, 2.24) is 15.2 Å². The van der Waals surface area contributed by atoms with Gasteiger partial charge in [0.1, 0.15) is 12.4 Å². The van der Waals surface area contributed by atoms with Gasteiger partial charge in [-0.1, -0.05) is 18.2 Å². The summed E-state index contributed by atoms with van der Waals surface area (Å²) in [5, 5.41) is 4.26. The monoisotopic (exact) mass is 389 g/mol. The Morgan fingerprint density at radius 3 is 2.86 bits per heavy atom. The Morgan fingerprint density at radius 2 is 2.00 bits per heavy atom. The average Bonchev–Trinajstić information content (AvgIpc) is 3.06. The normalized spacial score (nSPS) is 18.2.